The predicted octanol–water partition coefficient (Wildman–Crippen LogP) is 1.59. The van der Waals surface area contributed by atoms with Gasteiger partial charge in [0.05, 0.1) is 0 Å². The SMILES string of the molecule is CCC(C)CC(=O)N1CC2CCN(C)C2C1. The van der Waals surface area contributed by atoms with E-state index in [1.165, 1.54) is 13.0 Å². The number of rotatable bonds is 3. The van der Waals surface area contributed by atoms with E-state index < -0.39 is 0 Å². The van der Waals surface area contributed by atoms with Gasteiger partial charge >= 0.3 is 0 Å². The molecule has 92 valence electrons. The van der Waals surface area contributed by atoms with Crippen LogP contribution in [0.15, 0.2) is 0 Å². The Labute approximate surface area is 98.8 Å². The van der Waals surface area contributed by atoms with Gasteiger partial charge in [-0.25, -0.2) is 0 Å². The van der Waals surface area contributed by atoms with Gasteiger partial charge in [0, 0.05) is 25.6 Å². The summed E-state index contributed by atoms with van der Waals surface area (Å²) in [6.45, 7) is 7.51. The van der Waals surface area contributed by atoms with Crippen molar-refractivity contribution in [3.8, 4) is 0 Å². The summed E-state index contributed by atoms with van der Waals surface area (Å²) < 4.78 is 0. The van der Waals surface area contributed by atoms with E-state index >= 15 is 0 Å². The third-order valence-electron chi connectivity index (χ3n) is 4.40. The number of likely N-dealkylation sites (tertiary alicyclic amines) is 2. The van der Waals surface area contributed by atoms with Gasteiger partial charge in [-0.3, -0.25) is 4.79 Å². The van der Waals surface area contributed by atoms with Gasteiger partial charge in [0.2, 0.25) is 5.91 Å². The smallest absolute Gasteiger partial charge is 0.222 e. The fourth-order valence-electron chi connectivity index (χ4n) is 2.95. The number of fused-ring (bicyclic) bond motifs is 1. The third-order valence-corrected chi connectivity index (χ3v) is 4.40. The van der Waals surface area contributed by atoms with Gasteiger partial charge < -0.3 is 9.80 Å². The Morgan fingerprint density at radius 3 is 2.81 bits per heavy atom. The van der Waals surface area contributed by atoms with Gasteiger partial charge in [-0.2, -0.15) is 0 Å². The molecule has 3 atom stereocenters. The maximum absolute atomic E-state index is 12.1. The predicted molar refractivity (Wildman–Crippen MR) is 65.2 cm³/mol. The summed E-state index contributed by atoms with van der Waals surface area (Å²) in [6.07, 6.45) is 3.11. The van der Waals surface area contributed by atoms with Crippen molar-refractivity contribution in [3.63, 3.8) is 0 Å². The van der Waals surface area contributed by atoms with Crippen LogP contribution in [0.3, 0.4) is 0 Å². The zero-order valence-electron chi connectivity index (χ0n) is 10.8. The summed E-state index contributed by atoms with van der Waals surface area (Å²) in [5.41, 5.74) is 0. The molecular formula is C13H24N2O. The molecule has 0 saturated carbocycles. The number of nitrogens with zero attached hydrogens (tertiary/aromatic N) is 2. The summed E-state index contributed by atoms with van der Waals surface area (Å²) in [7, 11) is 2.19. The van der Waals surface area contributed by atoms with Crippen molar-refractivity contribution >= 4 is 5.91 Å². The zero-order chi connectivity index (χ0) is 11.7. The van der Waals surface area contributed by atoms with E-state index in [4.69, 9.17) is 0 Å². The monoisotopic (exact) mass is 224 g/mol. The average Bonchev–Trinajstić information content (AvgIpc) is 2.81. The first kappa shape index (κ1) is 11.9. The Kier molecular flexibility index (Phi) is 3.53. The lowest BCUT2D eigenvalue weighted by Crippen LogP contribution is -2.35. The topological polar surface area (TPSA) is 23.6 Å². The van der Waals surface area contributed by atoms with Gasteiger partial charge in [0.25, 0.3) is 0 Å². The number of carbonyl (C=O) groups excluding carboxylic acids is 1. The van der Waals surface area contributed by atoms with Crippen LogP contribution in [0.4, 0.5) is 0 Å². The Morgan fingerprint density at radius 1 is 1.44 bits per heavy atom. The summed E-state index contributed by atoms with van der Waals surface area (Å²) in [4.78, 5) is 16.6. The second kappa shape index (κ2) is 4.74. The van der Waals surface area contributed by atoms with Crippen LogP contribution in [0.2, 0.25) is 0 Å². The maximum Gasteiger partial charge on any atom is 0.222 e. The first-order valence-corrected chi connectivity index (χ1v) is 6.59. The number of likely N-dealkylation sites (N-methyl/N-ethyl adjacent to an activating group) is 1. The molecule has 0 bridgehead atoms. The highest BCUT2D eigenvalue weighted by Gasteiger charge is 2.40. The molecule has 2 saturated heterocycles. The van der Waals surface area contributed by atoms with Crippen molar-refractivity contribution in [1.29, 1.82) is 0 Å². The zero-order valence-corrected chi connectivity index (χ0v) is 10.8. The van der Waals surface area contributed by atoms with Crippen molar-refractivity contribution < 1.29 is 4.79 Å². The minimum Gasteiger partial charge on any atom is -0.341 e. The van der Waals surface area contributed by atoms with Crippen molar-refractivity contribution in [1.82, 2.24) is 9.80 Å². The van der Waals surface area contributed by atoms with E-state index in [0.29, 0.717) is 17.9 Å². The highest BCUT2D eigenvalue weighted by atomic mass is 16.2. The first-order chi connectivity index (χ1) is 7.61. The summed E-state index contributed by atoms with van der Waals surface area (Å²) in [5.74, 6) is 1.65. The van der Waals surface area contributed by atoms with Gasteiger partial charge in [-0.05, 0) is 31.8 Å². The molecule has 0 N–H and O–H groups in total. The molecule has 3 heteroatoms. The summed E-state index contributed by atoms with van der Waals surface area (Å²) in [5, 5.41) is 0. The van der Waals surface area contributed by atoms with Crippen LogP contribution in [0.1, 0.15) is 33.1 Å². The second-order valence-corrected chi connectivity index (χ2v) is 5.61. The van der Waals surface area contributed by atoms with Gasteiger partial charge in [-0.1, -0.05) is 20.3 Å². The second-order valence-electron chi connectivity index (χ2n) is 5.61. The molecule has 2 heterocycles. The third kappa shape index (κ3) is 2.24. The highest BCUT2D eigenvalue weighted by molar-refractivity contribution is 5.76. The molecule has 3 unspecified atom stereocenters. The molecule has 2 aliphatic rings. The normalized spacial score (nSPS) is 31.8. The number of amides is 1. The van der Waals surface area contributed by atoms with Crippen molar-refractivity contribution in [2.45, 2.75) is 39.2 Å². The molecule has 0 aliphatic carbocycles. The largest absolute Gasteiger partial charge is 0.341 e. The van der Waals surface area contributed by atoms with E-state index in [0.717, 1.165) is 31.8 Å². The molecule has 3 nitrogen and oxygen atoms in total. The molecule has 2 aliphatic heterocycles. The van der Waals surface area contributed by atoms with E-state index in [2.05, 4.69) is 30.7 Å². The molecule has 0 aromatic carbocycles. The number of hydrogen-bond acceptors (Lipinski definition) is 2. The molecule has 0 radical (unpaired) electrons. The van der Waals surface area contributed by atoms with Crippen LogP contribution < -0.4 is 0 Å². The van der Waals surface area contributed by atoms with Gasteiger partial charge in [0.1, 0.15) is 0 Å². The quantitative estimate of drug-likeness (QED) is 0.727. The van der Waals surface area contributed by atoms with Crippen LogP contribution in [-0.4, -0.2) is 48.4 Å². The Morgan fingerprint density at radius 2 is 2.19 bits per heavy atom. The van der Waals surface area contributed by atoms with Crippen molar-refractivity contribution in [2.24, 2.45) is 11.8 Å². The molecule has 0 aromatic rings. The van der Waals surface area contributed by atoms with E-state index in [9.17, 15) is 4.79 Å². The lowest BCUT2D eigenvalue weighted by Gasteiger charge is -2.21. The molecular weight excluding hydrogens is 200 g/mol. The fraction of sp³-hybridized carbons (Fsp3) is 0.923. The van der Waals surface area contributed by atoms with E-state index in [-0.39, 0.29) is 0 Å². The maximum atomic E-state index is 12.1. The van der Waals surface area contributed by atoms with Crippen LogP contribution in [0, 0.1) is 11.8 Å². The minimum absolute atomic E-state index is 0.372. The molecule has 1 amide bonds. The van der Waals surface area contributed by atoms with E-state index in [1.54, 1.807) is 0 Å². The summed E-state index contributed by atoms with van der Waals surface area (Å²) in [6, 6.07) is 0.640. The van der Waals surface area contributed by atoms with Crippen molar-refractivity contribution in [3.05, 3.63) is 0 Å². The van der Waals surface area contributed by atoms with Gasteiger partial charge in [0.15, 0.2) is 0 Å². The van der Waals surface area contributed by atoms with Crippen molar-refractivity contribution in [2.75, 3.05) is 26.7 Å². The lowest BCUT2D eigenvalue weighted by atomic mass is 10.0. The van der Waals surface area contributed by atoms with Crippen LogP contribution in [0.5, 0.6) is 0 Å². The summed E-state index contributed by atoms with van der Waals surface area (Å²) >= 11 is 0. The number of carbonyl (C=O) groups is 1. The van der Waals surface area contributed by atoms with Gasteiger partial charge in [-0.15, -0.1) is 0 Å². The minimum atomic E-state index is 0.372. The Bertz CT molecular complexity index is 267. The molecule has 0 aromatic heterocycles. The molecule has 0 spiro atoms. The molecule has 2 rings (SSSR count). The van der Waals surface area contributed by atoms with Crippen LogP contribution >= 0.6 is 0 Å². The van der Waals surface area contributed by atoms with E-state index in [1.807, 2.05) is 0 Å². The number of hydrogen-bond donors (Lipinski definition) is 0. The Balaban J connectivity index is 1.87. The Hall–Kier alpha value is -0.570. The van der Waals surface area contributed by atoms with Crippen LogP contribution in [-0.2, 0) is 4.79 Å². The lowest BCUT2D eigenvalue weighted by molar-refractivity contribution is -0.131. The van der Waals surface area contributed by atoms with Crippen LogP contribution in [0.25, 0.3) is 0 Å². The average molecular weight is 224 g/mol. The highest BCUT2D eigenvalue weighted by Crippen LogP contribution is 2.30. The first-order valence-electron chi connectivity index (χ1n) is 6.59. The standard InChI is InChI=1S/C13H24N2O/c1-4-10(2)7-13(16)15-8-11-5-6-14(3)12(11)9-15/h10-12H,4-9H2,1-3H3. The fourth-order valence-corrected chi connectivity index (χ4v) is 2.95. The molecule has 2 fully saturated rings. The molecule has 16 heavy (non-hydrogen) atoms.